The lowest BCUT2D eigenvalue weighted by Crippen LogP contribution is -2.25. The van der Waals surface area contributed by atoms with E-state index in [-0.39, 0.29) is 34.6 Å². The van der Waals surface area contributed by atoms with Crippen LogP contribution in [0.1, 0.15) is 23.6 Å². The molecule has 0 bridgehead atoms. The summed E-state index contributed by atoms with van der Waals surface area (Å²) in [7, 11) is 6.26. The van der Waals surface area contributed by atoms with Crippen LogP contribution in [0.3, 0.4) is 0 Å². The van der Waals surface area contributed by atoms with Gasteiger partial charge in [0, 0.05) is 44.1 Å². The van der Waals surface area contributed by atoms with E-state index in [1.807, 2.05) is 18.9 Å². The van der Waals surface area contributed by atoms with Crippen molar-refractivity contribution in [3.8, 4) is 5.75 Å². The second-order valence-corrected chi connectivity index (χ2v) is 7.72. The van der Waals surface area contributed by atoms with Crippen LogP contribution in [-0.4, -0.2) is 50.6 Å². The van der Waals surface area contributed by atoms with E-state index in [2.05, 4.69) is 5.73 Å². The molecule has 0 radical (unpaired) electrons. The summed E-state index contributed by atoms with van der Waals surface area (Å²) in [6, 6.07) is 6.90. The van der Waals surface area contributed by atoms with Crippen LogP contribution >= 0.6 is 0 Å². The second-order valence-electron chi connectivity index (χ2n) is 7.72. The third kappa shape index (κ3) is 5.89. The fourth-order valence-corrected chi connectivity index (χ4v) is 3.23. The van der Waals surface area contributed by atoms with Gasteiger partial charge in [-0.25, -0.2) is 18.4 Å². The average Bonchev–Trinajstić information content (AvgIpc) is 2.81. The Morgan fingerprint density at radius 3 is 2.41 bits per heavy atom. The van der Waals surface area contributed by atoms with E-state index in [9.17, 15) is 18.4 Å². The molecule has 2 aromatic carbocycles. The summed E-state index contributed by atoms with van der Waals surface area (Å²) < 4.78 is 39.8. The van der Waals surface area contributed by atoms with Crippen LogP contribution < -0.4 is 21.8 Å². The molecule has 3 rings (SSSR count). The molecule has 0 saturated carbocycles. The van der Waals surface area contributed by atoms with Crippen molar-refractivity contribution in [2.24, 2.45) is 5.73 Å². The van der Waals surface area contributed by atoms with Crippen molar-refractivity contribution in [1.29, 1.82) is 0 Å². The lowest BCUT2D eigenvalue weighted by atomic mass is 9.97. The van der Waals surface area contributed by atoms with Crippen molar-refractivity contribution >= 4 is 22.7 Å². The molecule has 0 atom stereocenters. The zero-order valence-electron chi connectivity index (χ0n) is 19.9. The number of anilines is 1. The maximum atomic E-state index is 14.8. The second kappa shape index (κ2) is 11.6. The molecule has 0 aliphatic carbocycles. The Labute approximate surface area is 196 Å². The molecule has 0 spiro atoms. The van der Waals surface area contributed by atoms with Gasteiger partial charge in [-0.2, -0.15) is 0 Å². The molecule has 10 heteroatoms. The Bertz CT molecular complexity index is 1230. The third-order valence-electron chi connectivity index (χ3n) is 5.18. The summed E-state index contributed by atoms with van der Waals surface area (Å²) in [6.07, 6.45) is -0.841. The highest BCUT2D eigenvalue weighted by Crippen LogP contribution is 2.30. The number of carbonyl (C=O) groups excluding carboxylic acids is 1. The molecule has 1 heterocycles. The molecule has 0 aliphatic heterocycles. The normalized spacial score (nSPS) is 10.7. The van der Waals surface area contributed by atoms with Crippen LogP contribution in [0.4, 0.5) is 19.3 Å². The molecule has 0 unspecified atom stereocenters. The molecule has 1 amide bonds. The average molecular weight is 477 g/mol. The zero-order chi connectivity index (χ0) is 25.6. The maximum Gasteiger partial charge on any atom is 0.414 e. The highest BCUT2D eigenvalue weighted by molar-refractivity contribution is 5.84. The molecule has 0 saturated heterocycles. The summed E-state index contributed by atoms with van der Waals surface area (Å²) in [5, 5.41) is 0.339. The van der Waals surface area contributed by atoms with E-state index in [1.165, 1.54) is 39.3 Å². The standard InChI is InChI=1S/C23H25F2N3O4.CH5N/c1-5-28(4)12-16-14-10-17(24)20(32-23(30)27(2)3)11-19(14)31-22(29)15(16)9-13-7-6-8-18(26)21(13)25;1-2/h6-8,10-11H,5,9,12,26H2,1-4H3;2H2,1H3. The largest absolute Gasteiger partial charge is 0.422 e. The first-order valence-electron chi connectivity index (χ1n) is 10.6. The van der Waals surface area contributed by atoms with E-state index in [4.69, 9.17) is 14.9 Å². The number of ether oxygens (including phenoxy) is 1. The number of nitrogens with zero attached hydrogens (tertiary/aromatic N) is 2. The lowest BCUT2D eigenvalue weighted by molar-refractivity contribution is 0.170. The van der Waals surface area contributed by atoms with Crippen LogP contribution in [0, 0.1) is 11.6 Å². The van der Waals surface area contributed by atoms with Gasteiger partial charge < -0.3 is 30.4 Å². The summed E-state index contributed by atoms with van der Waals surface area (Å²) >= 11 is 0. The van der Waals surface area contributed by atoms with E-state index < -0.39 is 23.4 Å². The van der Waals surface area contributed by atoms with Gasteiger partial charge >= 0.3 is 11.7 Å². The number of hydrogen-bond acceptors (Lipinski definition) is 7. The fourth-order valence-electron chi connectivity index (χ4n) is 3.23. The molecule has 3 aromatic rings. The van der Waals surface area contributed by atoms with Gasteiger partial charge in [-0.3, -0.25) is 0 Å². The van der Waals surface area contributed by atoms with Gasteiger partial charge in [0.1, 0.15) is 11.4 Å². The van der Waals surface area contributed by atoms with Crippen LogP contribution in [0.5, 0.6) is 5.75 Å². The molecule has 0 fully saturated rings. The van der Waals surface area contributed by atoms with Gasteiger partial charge in [0.2, 0.25) is 0 Å². The molecule has 34 heavy (non-hydrogen) atoms. The number of nitrogens with two attached hydrogens (primary N) is 2. The van der Waals surface area contributed by atoms with Crippen LogP contribution in [0.15, 0.2) is 39.5 Å². The van der Waals surface area contributed by atoms with Gasteiger partial charge in [0.25, 0.3) is 0 Å². The molecule has 1 aromatic heterocycles. The predicted octanol–water partition coefficient (Wildman–Crippen LogP) is 3.33. The van der Waals surface area contributed by atoms with Crippen molar-refractivity contribution in [1.82, 2.24) is 9.80 Å². The number of amides is 1. The zero-order valence-corrected chi connectivity index (χ0v) is 19.9. The SMILES string of the molecule is CCN(C)Cc1c(Cc2cccc(N)c2F)c(=O)oc2cc(OC(=O)N(C)C)c(F)cc12.CN. The smallest absolute Gasteiger partial charge is 0.414 e. The summed E-state index contributed by atoms with van der Waals surface area (Å²) in [6.45, 7) is 2.90. The minimum absolute atomic E-state index is 0.0294. The Hall–Kier alpha value is -3.50. The summed E-state index contributed by atoms with van der Waals surface area (Å²) in [5.74, 6) is -1.76. The summed E-state index contributed by atoms with van der Waals surface area (Å²) in [5.41, 5.74) is 10.5. The van der Waals surface area contributed by atoms with Crippen LogP contribution in [0.2, 0.25) is 0 Å². The highest BCUT2D eigenvalue weighted by Gasteiger charge is 2.21. The first kappa shape index (κ1) is 26.7. The topological polar surface area (TPSA) is 115 Å². The molecular formula is C24H30F2N4O4. The van der Waals surface area contributed by atoms with Gasteiger partial charge in [-0.1, -0.05) is 19.1 Å². The van der Waals surface area contributed by atoms with Crippen molar-refractivity contribution < 1.29 is 22.7 Å². The summed E-state index contributed by atoms with van der Waals surface area (Å²) in [4.78, 5) is 27.8. The predicted molar refractivity (Wildman–Crippen MR) is 128 cm³/mol. The number of nitrogen functional groups attached to an aromatic ring is 1. The first-order chi connectivity index (χ1) is 16.1. The number of benzene rings is 2. The van der Waals surface area contributed by atoms with Gasteiger partial charge in [0.15, 0.2) is 11.6 Å². The maximum absolute atomic E-state index is 14.8. The fraction of sp³-hybridized carbons (Fsp3) is 0.333. The van der Waals surface area contributed by atoms with E-state index >= 15 is 0 Å². The first-order valence-corrected chi connectivity index (χ1v) is 10.6. The third-order valence-corrected chi connectivity index (χ3v) is 5.18. The van der Waals surface area contributed by atoms with Gasteiger partial charge in [0.05, 0.1) is 5.69 Å². The van der Waals surface area contributed by atoms with E-state index in [0.29, 0.717) is 24.0 Å². The van der Waals surface area contributed by atoms with E-state index in [0.717, 1.165) is 11.0 Å². The Kier molecular flexibility index (Phi) is 9.11. The minimum atomic E-state index is -0.789. The molecular weight excluding hydrogens is 446 g/mol. The molecule has 184 valence electrons. The Morgan fingerprint density at radius 1 is 1.12 bits per heavy atom. The van der Waals surface area contributed by atoms with Crippen LogP contribution in [0.25, 0.3) is 11.0 Å². The molecule has 4 N–H and O–H groups in total. The Balaban J connectivity index is 0.00000199. The number of hydrogen-bond donors (Lipinski definition) is 2. The van der Waals surface area contributed by atoms with E-state index in [1.54, 1.807) is 6.07 Å². The lowest BCUT2D eigenvalue weighted by Gasteiger charge is -2.19. The number of carbonyl (C=O) groups is 1. The quantitative estimate of drug-likeness (QED) is 0.414. The van der Waals surface area contributed by atoms with Crippen molar-refractivity contribution in [3.63, 3.8) is 0 Å². The van der Waals surface area contributed by atoms with Crippen molar-refractivity contribution in [2.45, 2.75) is 19.9 Å². The number of fused-ring (bicyclic) bond motifs is 1. The highest BCUT2D eigenvalue weighted by atomic mass is 19.1. The molecule has 0 aliphatic rings. The Morgan fingerprint density at radius 2 is 1.79 bits per heavy atom. The minimum Gasteiger partial charge on any atom is -0.422 e. The molecule has 8 nitrogen and oxygen atoms in total. The van der Waals surface area contributed by atoms with Crippen LogP contribution in [-0.2, 0) is 13.0 Å². The van der Waals surface area contributed by atoms with Crippen molar-refractivity contribution in [3.05, 3.63) is 69.1 Å². The monoisotopic (exact) mass is 476 g/mol. The number of rotatable bonds is 6. The van der Waals surface area contributed by atoms with Crippen molar-refractivity contribution in [2.75, 3.05) is 40.5 Å². The van der Waals surface area contributed by atoms with Gasteiger partial charge in [-0.15, -0.1) is 0 Å². The number of halogens is 2. The van der Waals surface area contributed by atoms with Gasteiger partial charge in [-0.05, 0) is 43.9 Å².